The lowest BCUT2D eigenvalue weighted by Crippen LogP contribution is -2.03. The average Bonchev–Trinajstić information content (AvgIpc) is 2.40. The number of aromatic nitrogens is 2. The molecule has 0 saturated heterocycles. The van der Waals surface area contributed by atoms with Gasteiger partial charge in [0.15, 0.2) is 5.65 Å². The third-order valence-corrected chi connectivity index (χ3v) is 3.60. The molecule has 0 fully saturated rings. The minimum atomic E-state index is -0.604. The Morgan fingerprint density at radius 2 is 2.32 bits per heavy atom. The van der Waals surface area contributed by atoms with E-state index in [9.17, 15) is 4.79 Å². The predicted octanol–water partition coefficient (Wildman–Crippen LogP) is 3.27. The van der Waals surface area contributed by atoms with Crippen molar-refractivity contribution in [3.63, 3.8) is 0 Å². The molecule has 0 spiro atoms. The molecule has 0 aliphatic rings. The van der Waals surface area contributed by atoms with Crippen LogP contribution in [-0.2, 0) is 4.74 Å². The zero-order valence-electron chi connectivity index (χ0n) is 10.1. The minimum Gasteiger partial charge on any atom is -0.465 e. The maximum atomic E-state index is 11.6. The molecule has 2 aromatic heterocycles. The number of halogens is 1. The molecule has 2 heterocycles. The number of methoxy groups -OCH3 is 1. The molecule has 19 heavy (non-hydrogen) atoms. The van der Waals surface area contributed by atoms with Gasteiger partial charge in [-0.25, -0.2) is 14.8 Å². The first-order chi connectivity index (χ1) is 9.08. The molecule has 8 heteroatoms. The molecule has 2 aromatic rings. The Morgan fingerprint density at radius 1 is 1.58 bits per heavy atom. The van der Waals surface area contributed by atoms with Crippen molar-refractivity contribution in [2.75, 3.05) is 7.11 Å². The van der Waals surface area contributed by atoms with Gasteiger partial charge in [0, 0.05) is 20.1 Å². The van der Waals surface area contributed by atoms with Crippen LogP contribution in [0.15, 0.2) is 17.4 Å². The maximum absolute atomic E-state index is 11.6. The molecule has 0 amide bonds. The second-order valence-electron chi connectivity index (χ2n) is 3.63. The summed E-state index contributed by atoms with van der Waals surface area (Å²) in [4.78, 5) is 22.8. The zero-order chi connectivity index (χ0) is 14.0. The zero-order valence-corrected chi connectivity index (χ0v) is 12.2. The number of pyridine rings is 2. The van der Waals surface area contributed by atoms with Gasteiger partial charge in [0.05, 0.1) is 24.1 Å². The van der Waals surface area contributed by atoms with Crippen molar-refractivity contribution < 1.29 is 9.53 Å². The third kappa shape index (κ3) is 2.45. The van der Waals surface area contributed by atoms with E-state index < -0.39 is 5.97 Å². The van der Waals surface area contributed by atoms with Gasteiger partial charge in [0.25, 0.3) is 0 Å². The standard InChI is InChI=1S/C11H8IN5O2/c1-5-8(12)3-6-9(16-17-13)7(11(18)19-2)4-14-10(6)15-5/h3-4H,1-2H3. The summed E-state index contributed by atoms with van der Waals surface area (Å²) in [6, 6.07) is 1.78. The van der Waals surface area contributed by atoms with Crippen LogP contribution >= 0.6 is 22.6 Å². The summed E-state index contributed by atoms with van der Waals surface area (Å²) >= 11 is 2.11. The smallest absolute Gasteiger partial charge is 0.339 e. The Balaban J connectivity index is 2.87. The first kappa shape index (κ1) is 13.5. The lowest BCUT2D eigenvalue weighted by Gasteiger charge is -2.07. The van der Waals surface area contributed by atoms with Crippen molar-refractivity contribution in [1.29, 1.82) is 0 Å². The van der Waals surface area contributed by atoms with Crippen LogP contribution in [0.1, 0.15) is 16.1 Å². The number of ether oxygens (including phenoxy) is 1. The number of hydrogen-bond acceptors (Lipinski definition) is 5. The molecule has 0 bridgehead atoms. The molecule has 2 rings (SSSR count). The average molecular weight is 369 g/mol. The molecule has 7 nitrogen and oxygen atoms in total. The largest absolute Gasteiger partial charge is 0.465 e. The summed E-state index contributed by atoms with van der Waals surface area (Å²) in [5, 5.41) is 4.09. The summed E-state index contributed by atoms with van der Waals surface area (Å²) in [6.07, 6.45) is 1.30. The number of fused-ring (bicyclic) bond motifs is 1. The summed E-state index contributed by atoms with van der Waals surface area (Å²) in [6.45, 7) is 1.85. The molecule has 0 unspecified atom stereocenters. The Kier molecular flexibility index (Phi) is 3.82. The number of azide groups is 1. The minimum absolute atomic E-state index is 0.120. The lowest BCUT2D eigenvalue weighted by atomic mass is 10.1. The van der Waals surface area contributed by atoms with Gasteiger partial charge in [-0.2, -0.15) is 0 Å². The van der Waals surface area contributed by atoms with E-state index in [2.05, 4.69) is 47.3 Å². The normalized spacial score (nSPS) is 10.1. The fraction of sp³-hybridized carbons (Fsp3) is 0.182. The van der Waals surface area contributed by atoms with Crippen LogP contribution in [0.5, 0.6) is 0 Å². The highest BCUT2D eigenvalue weighted by atomic mass is 127. The number of carbonyl (C=O) groups excluding carboxylic acids is 1. The van der Waals surface area contributed by atoms with Crippen LogP contribution in [-0.4, -0.2) is 23.0 Å². The summed E-state index contributed by atoms with van der Waals surface area (Å²) in [7, 11) is 1.25. The van der Waals surface area contributed by atoms with Gasteiger partial charge in [-0.15, -0.1) is 0 Å². The van der Waals surface area contributed by atoms with Gasteiger partial charge >= 0.3 is 5.97 Å². The Hall–Kier alpha value is -1.93. The molecular weight excluding hydrogens is 361 g/mol. The molecule has 0 atom stereocenters. The molecule has 0 radical (unpaired) electrons. The summed E-state index contributed by atoms with van der Waals surface area (Å²) in [5.74, 6) is -0.604. The van der Waals surface area contributed by atoms with E-state index in [4.69, 9.17) is 5.53 Å². The second-order valence-corrected chi connectivity index (χ2v) is 4.79. The molecule has 0 aliphatic heterocycles. The topological polar surface area (TPSA) is 101 Å². The van der Waals surface area contributed by atoms with Crippen LogP contribution in [0.3, 0.4) is 0 Å². The highest BCUT2D eigenvalue weighted by Gasteiger charge is 2.16. The van der Waals surface area contributed by atoms with Gasteiger partial charge in [-0.3, -0.25) is 0 Å². The van der Waals surface area contributed by atoms with Crippen LogP contribution < -0.4 is 0 Å². The van der Waals surface area contributed by atoms with E-state index in [-0.39, 0.29) is 11.3 Å². The van der Waals surface area contributed by atoms with Crippen molar-refractivity contribution in [3.8, 4) is 0 Å². The number of rotatable bonds is 2. The molecule has 0 saturated carbocycles. The Morgan fingerprint density at radius 3 is 2.95 bits per heavy atom. The number of hydrogen-bond donors (Lipinski definition) is 0. The summed E-state index contributed by atoms with van der Waals surface area (Å²) in [5.41, 5.74) is 10.2. The summed E-state index contributed by atoms with van der Waals surface area (Å²) < 4.78 is 5.53. The van der Waals surface area contributed by atoms with Gasteiger partial charge in [-0.1, -0.05) is 5.11 Å². The number of nitrogens with zero attached hydrogens (tertiary/aromatic N) is 5. The number of carbonyl (C=O) groups is 1. The van der Waals surface area contributed by atoms with Gasteiger partial charge in [-0.05, 0) is 41.1 Å². The fourth-order valence-electron chi connectivity index (χ4n) is 1.58. The molecule has 0 aromatic carbocycles. The van der Waals surface area contributed by atoms with Crippen molar-refractivity contribution in [3.05, 3.63) is 37.5 Å². The Bertz CT molecular complexity index is 725. The van der Waals surface area contributed by atoms with E-state index in [0.29, 0.717) is 11.0 Å². The van der Waals surface area contributed by atoms with Crippen molar-refractivity contribution in [2.45, 2.75) is 6.92 Å². The van der Waals surface area contributed by atoms with Crippen molar-refractivity contribution >= 4 is 45.3 Å². The van der Waals surface area contributed by atoms with E-state index >= 15 is 0 Å². The molecule has 96 valence electrons. The second kappa shape index (κ2) is 5.37. The number of esters is 1. The maximum Gasteiger partial charge on any atom is 0.339 e. The van der Waals surface area contributed by atoms with E-state index in [1.165, 1.54) is 13.3 Å². The molecule has 0 aliphatic carbocycles. The lowest BCUT2D eigenvalue weighted by molar-refractivity contribution is 0.0601. The van der Waals surface area contributed by atoms with Crippen LogP contribution in [0.2, 0.25) is 0 Å². The van der Waals surface area contributed by atoms with Crippen LogP contribution in [0, 0.1) is 10.5 Å². The SMILES string of the molecule is COC(=O)c1cnc2nc(C)c(I)cc2c1N=[N+]=[N-]. The quantitative estimate of drug-likeness (QED) is 0.267. The highest BCUT2D eigenvalue weighted by molar-refractivity contribution is 14.1. The van der Waals surface area contributed by atoms with E-state index in [1.807, 2.05) is 6.92 Å². The van der Waals surface area contributed by atoms with Gasteiger partial charge in [0.1, 0.15) is 0 Å². The van der Waals surface area contributed by atoms with Crippen molar-refractivity contribution in [1.82, 2.24) is 9.97 Å². The Labute approximate surface area is 121 Å². The van der Waals surface area contributed by atoms with Crippen molar-refractivity contribution in [2.24, 2.45) is 5.11 Å². The first-order valence-electron chi connectivity index (χ1n) is 5.17. The van der Waals surface area contributed by atoms with E-state index in [0.717, 1.165) is 9.26 Å². The van der Waals surface area contributed by atoms with Crippen LogP contribution in [0.25, 0.3) is 21.5 Å². The van der Waals surface area contributed by atoms with Gasteiger partial charge in [0.2, 0.25) is 0 Å². The van der Waals surface area contributed by atoms with Gasteiger partial charge < -0.3 is 4.74 Å². The predicted molar refractivity (Wildman–Crippen MR) is 77.1 cm³/mol. The number of aryl methyl sites for hydroxylation is 1. The third-order valence-electron chi connectivity index (χ3n) is 2.51. The molecular formula is C11H8IN5O2. The first-order valence-corrected chi connectivity index (χ1v) is 6.25. The van der Waals surface area contributed by atoms with Crippen LogP contribution in [0.4, 0.5) is 5.69 Å². The van der Waals surface area contributed by atoms with E-state index in [1.54, 1.807) is 6.07 Å². The highest BCUT2D eigenvalue weighted by Crippen LogP contribution is 2.30. The molecule has 0 N–H and O–H groups in total. The fourth-order valence-corrected chi connectivity index (χ4v) is 2.02. The monoisotopic (exact) mass is 369 g/mol.